The zero-order chi connectivity index (χ0) is 17.5. The van der Waals surface area contributed by atoms with Gasteiger partial charge in [-0.2, -0.15) is 0 Å². The Kier molecular flexibility index (Phi) is 3.84. The van der Waals surface area contributed by atoms with E-state index in [1.54, 1.807) is 18.7 Å². The van der Waals surface area contributed by atoms with Crippen LogP contribution in [-0.2, 0) is 6.54 Å². The Bertz CT molecular complexity index is 779. The normalized spacial score (nSPS) is 27.8. The average molecular weight is 349 g/mol. The Balaban J connectivity index is 1.45. The van der Waals surface area contributed by atoms with E-state index < -0.39 is 0 Å². The van der Waals surface area contributed by atoms with Gasteiger partial charge in [-0.1, -0.05) is 0 Å². The molecule has 2 saturated carbocycles. The molecule has 1 aliphatic heterocycles. The summed E-state index contributed by atoms with van der Waals surface area (Å²) >= 11 is 0. The van der Waals surface area contributed by atoms with E-state index in [-0.39, 0.29) is 18.1 Å². The highest BCUT2D eigenvalue weighted by Crippen LogP contribution is 2.46. The third kappa shape index (κ3) is 2.73. The maximum absolute atomic E-state index is 13.3. The smallest absolute Gasteiger partial charge is 0.319 e. The van der Waals surface area contributed by atoms with Crippen LogP contribution < -0.4 is 0 Å². The maximum Gasteiger partial charge on any atom is 0.320 e. The van der Waals surface area contributed by atoms with Gasteiger partial charge in [0.1, 0.15) is 6.33 Å². The summed E-state index contributed by atoms with van der Waals surface area (Å²) in [6.45, 7) is 1.57. The average Bonchev–Trinajstić information content (AvgIpc) is 3.35. The lowest BCUT2D eigenvalue weighted by Crippen LogP contribution is -2.39. The molecule has 0 bridgehead atoms. The van der Waals surface area contributed by atoms with Gasteiger partial charge in [0, 0.05) is 43.8 Å². The molecule has 0 spiro atoms. The number of carbonyl (C=O) groups is 1. The third-order valence-corrected chi connectivity index (χ3v) is 6.09. The van der Waals surface area contributed by atoms with Crippen LogP contribution in [-0.4, -0.2) is 49.4 Å². The SMILES string of the molecule is O=C1N(CC2CC2)[C@@H]2[C@H](c3cncnc3)CC[C@@H]2N1Cc1ccncc1. The summed E-state index contributed by atoms with van der Waals surface area (Å²) in [7, 11) is 0. The number of carbonyl (C=O) groups excluding carboxylic acids is 1. The molecule has 0 aromatic carbocycles. The molecule has 3 aliphatic rings. The Morgan fingerprint density at radius 3 is 2.46 bits per heavy atom. The minimum absolute atomic E-state index is 0.199. The van der Waals surface area contributed by atoms with E-state index in [0.717, 1.165) is 24.9 Å². The Hall–Kier alpha value is -2.50. The van der Waals surface area contributed by atoms with E-state index in [0.29, 0.717) is 18.4 Å². The first kappa shape index (κ1) is 15.7. The number of nitrogens with zero attached hydrogens (tertiary/aromatic N) is 5. The zero-order valence-electron chi connectivity index (χ0n) is 14.7. The monoisotopic (exact) mass is 349 g/mol. The first-order valence-electron chi connectivity index (χ1n) is 9.52. The van der Waals surface area contributed by atoms with Crippen molar-refractivity contribution in [1.82, 2.24) is 24.8 Å². The van der Waals surface area contributed by atoms with Crippen molar-refractivity contribution in [2.75, 3.05) is 6.54 Å². The molecule has 0 unspecified atom stereocenters. The van der Waals surface area contributed by atoms with Gasteiger partial charge in [0.2, 0.25) is 0 Å². The van der Waals surface area contributed by atoms with E-state index in [4.69, 9.17) is 0 Å². The maximum atomic E-state index is 13.3. The number of aromatic nitrogens is 3. The number of hydrogen-bond acceptors (Lipinski definition) is 4. The van der Waals surface area contributed by atoms with Crippen LogP contribution in [0.5, 0.6) is 0 Å². The van der Waals surface area contributed by atoms with Crippen molar-refractivity contribution in [3.05, 3.63) is 54.4 Å². The van der Waals surface area contributed by atoms with E-state index in [1.807, 2.05) is 24.5 Å². The third-order valence-electron chi connectivity index (χ3n) is 6.09. The minimum atomic E-state index is 0.199. The molecule has 5 rings (SSSR count). The second-order valence-corrected chi connectivity index (χ2v) is 7.78. The number of fused-ring (bicyclic) bond motifs is 1. The summed E-state index contributed by atoms with van der Waals surface area (Å²) in [5.74, 6) is 1.03. The van der Waals surface area contributed by atoms with Gasteiger partial charge in [0.25, 0.3) is 0 Å². The van der Waals surface area contributed by atoms with Gasteiger partial charge in [0.05, 0.1) is 12.1 Å². The highest BCUT2D eigenvalue weighted by molar-refractivity contribution is 5.78. The Morgan fingerprint density at radius 2 is 1.73 bits per heavy atom. The van der Waals surface area contributed by atoms with Crippen LogP contribution in [0.4, 0.5) is 4.79 Å². The minimum Gasteiger partial charge on any atom is -0.319 e. The summed E-state index contributed by atoms with van der Waals surface area (Å²) < 4.78 is 0. The molecule has 2 amide bonds. The number of pyridine rings is 1. The first-order chi connectivity index (χ1) is 12.8. The van der Waals surface area contributed by atoms with Crippen molar-refractivity contribution in [2.24, 2.45) is 5.92 Å². The molecule has 2 aromatic heterocycles. The standard InChI is InChI=1S/C20H23N5O/c26-20-24(11-15-5-7-21-8-6-15)18-4-3-17(16-9-22-13-23-10-16)19(18)25(20)12-14-1-2-14/h5-10,13-14,17-19H,1-4,11-12H2/t17-,18-,19+/m0/s1. The molecule has 6 nitrogen and oxygen atoms in total. The Labute approximate surface area is 153 Å². The highest BCUT2D eigenvalue weighted by Gasteiger charge is 2.53. The molecule has 3 fully saturated rings. The van der Waals surface area contributed by atoms with Crippen LogP contribution in [0.2, 0.25) is 0 Å². The number of hydrogen-bond donors (Lipinski definition) is 0. The molecule has 2 aromatic rings. The van der Waals surface area contributed by atoms with Gasteiger partial charge in [-0.05, 0) is 54.9 Å². The predicted octanol–water partition coefficient (Wildman–Crippen LogP) is 2.83. The summed E-state index contributed by atoms with van der Waals surface area (Å²) in [5.41, 5.74) is 2.31. The van der Waals surface area contributed by atoms with Crippen LogP contribution in [0.15, 0.2) is 43.2 Å². The lowest BCUT2D eigenvalue weighted by molar-refractivity contribution is 0.175. The summed E-state index contributed by atoms with van der Waals surface area (Å²) in [5, 5.41) is 0. The van der Waals surface area contributed by atoms with Crippen molar-refractivity contribution in [2.45, 2.75) is 50.2 Å². The van der Waals surface area contributed by atoms with Gasteiger partial charge in [-0.3, -0.25) is 4.98 Å². The lowest BCUT2D eigenvalue weighted by atomic mass is 9.95. The molecule has 0 N–H and O–H groups in total. The zero-order valence-corrected chi connectivity index (χ0v) is 14.7. The molecule has 26 heavy (non-hydrogen) atoms. The van der Waals surface area contributed by atoms with E-state index in [1.165, 1.54) is 18.4 Å². The van der Waals surface area contributed by atoms with Crippen LogP contribution in [0, 0.1) is 5.92 Å². The second kappa shape index (κ2) is 6.34. The second-order valence-electron chi connectivity index (χ2n) is 7.78. The fourth-order valence-electron chi connectivity index (χ4n) is 4.67. The molecule has 6 heteroatoms. The number of urea groups is 1. The molecule has 1 saturated heterocycles. The molecular formula is C20H23N5O. The molecule has 3 heterocycles. The van der Waals surface area contributed by atoms with Crippen LogP contribution in [0.25, 0.3) is 0 Å². The quantitative estimate of drug-likeness (QED) is 0.833. The Morgan fingerprint density at radius 1 is 0.962 bits per heavy atom. The van der Waals surface area contributed by atoms with Crippen molar-refractivity contribution >= 4 is 6.03 Å². The van der Waals surface area contributed by atoms with Crippen LogP contribution in [0.1, 0.15) is 42.7 Å². The summed E-state index contributed by atoms with van der Waals surface area (Å²) in [4.78, 5) is 30.0. The van der Waals surface area contributed by atoms with E-state index in [2.05, 4.69) is 24.8 Å². The van der Waals surface area contributed by atoms with Gasteiger partial charge in [-0.25, -0.2) is 14.8 Å². The van der Waals surface area contributed by atoms with Gasteiger partial charge in [-0.15, -0.1) is 0 Å². The van der Waals surface area contributed by atoms with E-state index >= 15 is 0 Å². The highest BCUT2D eigenvalue weighted by atomic mass is 16.2. The molecule has 3 atom stereocenters. The van der Waals surface area contributed by atoms with Gasteiger partial charge >= 0.3 is 6.03 Å². The van der Waals surface area contributed by atoms with Crippen molar-refractivity contribution in [3.8, 4) is 0 Å². The van der Waals surface area contributed by atoms with Crippen LogP contribution in [0.3, 0.4) is 0 Å². The first-order valence-corrected chi connectivity index (χ1v) is 9.52. The van der Waals surface area contributed by atoms with Crippen molar-refractivity contribution in [1.29, 1.82) is 0 Å². The van der Waals surface area contributed by atoms with Crippen molar-refractivity contribution < 1.29 is 4.79 Å². The van der Waals surface area contributed by atoms with Crippen LogP contribution >= 0.6 is 0 Å². The van der Waals surface area contributed by atoms with E-state index in [9.17, 15) is 4.79 Å². The lowest BCUT2D eigenvalue weighted by Gasteiger charge is -2.27. The summed E-state index contributed by atoms with van der Waals surface area (Å²) in [6, 6.07) is 4.73. The molecule has 2 aliphatic carbocycles. The molecule has 0 radical (unpaired) electrons. The molecular weight excluding hydrogens is 326 g/mol. The van der Waals surface area contributed by atoms with Gasteiger partial charge < -0.3 is 9.80 Å². The predicted molar refractivity (Wildman–Crippen MR) is 96.2 cm³/mol. The van der Waals surface area contributed by atoms with Gasteiger partial charge in [0.15, 0.2) is 0 Å². The summed E-state index contributed by atoms with van der Waals surface area (Å²) in [6.07, 6.45) is 13.7. The fraction of sp³-hybridized carbons (Fsp3) is 0.500. The number of rotatable bonds is 5. The van der Waals surface area contributed by atoms with Crippen molar-refractivity contribution in [3.63, 3.8) is 0 Å². The number of amides is 2. The molecule has 134 valence electrons. The topological polar surface area (TPSA) is 62.2 Å². The largest absolute Gasteiger partial charge is 0.320 e. The fourth-order valence-corrected chi connectivity index (χ4v) is 4.67.